The van der Waals surface area contributed by atoms with Crippen molar-refractivity contribution in [2.24, 2.45) is 0 Å². The fourth-order valence-electron chi connectivity index (χ4n) is 4.86. The van der Waals surface area contributed by atoms with Crippen LogP contribution in [0.2, 0.25) is 15.2 Å². The SMILES string of the molecule is CN1C(=O)N(c2cc(Cl)cc(Cl)c2)C(=O)C12CN(c1ccc(Cl)nn1)CC2c1ccc(C#N)cc1. The van der Waals surface area contributed by atoms with Gasteiger partial charge in [-0.05, 0) is 48.0 Å². The third-order valence-electron chi connectivity index (χ3n) is 6.55. The molecular weight excluding hydrogens is 511 g/mol. The molecule has 2 aliphatic heterocycles. The van der Waals surface area contributed by atoms with Crippen molar-refractivity contribution in [3.05, 3.63) is 80.9 Å². The number of hydrogen-bond acceptors (Lipinski definition) is 6. The molecule has 3 amide bonds. The summed E-state index contributed by atoms with van der Waals surface area (Å²) >= 11 is 18.3. The number of carbonyl (C=O) groups excluding carboxylic acids is 2. The fourth-order valence-corrected chi connectivity index (χ4v) is 5.47. The minimum Gasteiger partial charge on any atom is -0.351 e. The molecule has 1 spiro atoms. The van der Waals surface area contributed by atoms with Gasteiger partial charge in [-0.15, -0.1) is 10.2 Å². The summed E-state index contributed by atoms with van der Waals surface area (Å²) in [5.74, 6) is -0.293. The van der Waals surface area contributed by atoms with Crippen LogP contribution >= 0.6 is 34.8 Å². The largest absolute Gasteiger partial charge is 0.351 e. The van der Waals surface area contributed by atoms with Crippen LogP contribution in [0.4, 0.5) is 16.3 Å². The summed E-state index contributed by atoms with van der Waals surface area (Å²) in [6.45, 7) is 0.565. The normalized spacial score (nSPS) is 21.8. The number of amides is 3. The van der Waals surface area contributed by atoms with E-state index in [4.69, 9.17) is 34.8 Å². The Morgan fingerprint density at radius 2 is 1.69 bits per heavy atom. The molecule has 1 aromatic heterocycles. The number of hydrogen-bond donors (Lipinski definition) is 0. The summed E-state index contributed by atoms with van der Waals surface area (Å²) in [4.78, 5) is 32.1. The highest BCUT2D eigenvalue weighted by Crippen LogP contribution is 2.47. The first-order valence-corrected chi connectivity index (χ1v) is 11.7. The molecule has 2 atom stereocenters. The van der Waals surface area contributed by atoms with Crippen LogP contribution in [0.5, 0.6) is 0 Å². The van der Waals surface area contributed by atoms with Gasteiger partial charge in [-0.3, -0.25) is 4.79 Å². The van der Waals surface area contributed by atoms with Gasteiger partial charge in [0.15, 0.2) is 11.0 Å². The highest BCUT2D eigenvalue weighted by Gasteiger charge is 2.64. The van der Waals surface area contributed by atoms with Gasteiger partial charge in [-0.25, -0.2) is 9.69 Å². The summed E-state index contributed by atoms with van der Waals surface area (Å²) < 4.78 is 0. The van der Waals surface area contributed by atoms with E-state index in [2.05, 4.69) is 16.3 Å². The van der Waals surface area contributed by atoms with E-state index in [9.17, 15) is 14.9 Å². The molecule has 35 heavy (non-hydrogen) atoms. The van der Waals surface area contributed by atoms with Crippen LogP contribution in [0.3, 0.4) is 0 Å². The van der Waals surface area contributed by atoms with Gasteiger partial charge in [-0.1, -0.05) is 46.9 Å². The fraction of sp³-hybridized carbons (Fsp3) is 0.208. The minimum absolute atomic E-state index is 0.180. The Morgan fingerprint density at radius 3 is 2.29 bits per heavy atom. The smallest absolute Gasteiger partial charge is 0.332 e. The van der Waals surface area contributed by atoms with E-state index < -0.39 is 23.4 Å². The zero-order valence-electron chi connectivity index (χ0n) is 18.3. The Kier molecular flexibility index (Phi) is 5.80. The lowest BCUT2D eigenvalue weighted by molar-refractivity contribution is -0.124. The van der Waals surface area contributed by atoms with E-state index in [-0.39, 0.29) is 11.7 Å². The first kappa shape index (κ1) is 23.4. The number of nitrogens with zero attached hydrogens (tertiary/aromatic N) is 6. The van der Waals surface area contributed by atoms with Gasteiger partial charge in [0.1, 0.15) is 5.54 Å². The summed E-state index contributed by atoms with van der Waals surface area (Å²) in [7, 11) is 1.61. The summed E-state index contributed by atoms with van der Waals surface area (Å²) in [5, 5.41) is 18.2. The standard InChI is InChI=1S/C24H17Cl3N6O2/c1-31-23(35)33(18-9-16(25)8-17(26)10-18)22(34)24(31)13-32(21-7-6-20(27)29-30-21)12-19(24)15-4-2-14(11-28)3-5-15/h2-10,19H,12-13H2,1H3. The van der Waals surface area contributed by atoms with Crippen molar-refractivity contribution in [1.82, 2.24) is 15.1 Å². The number of likely N-dealkylation sites (N-methyl/N-ethyl adjacent to an activating group) is 1. The monoisotopic (exact) mass is 526 g/mol. The van der Waals surface area contributed by atoms with Crippen LogP contribution in [0, 0.1) is 11.3 Å². The van der Waals surface area contributed by atoms with Crippen molar-refractivity contribution in [2.45, 2.75) is 11.5 Å². The summed E-state index contributed by atoms with van der Waals surface area (Å²) in [6, 6.07) is 16.6. The molecular formula is C24H17Cl3N6O2. The van der Waals surface area contributed by atoms with Crippen LogP contribution < -0.4 is 9.80 Å². The minimum atomic E-state index is -1.25. The van der Waals surface area contributed by atoms with Gasteiger partial charge in [0, 0.05) is 29.6 Å². The third-order valence-corrected chi connectivity index (χ3v) is 7.19. The quantitative estimate of drug-likeness (QED) is 0.456. The van der Waals surface area contributed by atoms with Crippen molar-refractivity contribution in [3.8, 4) is 6.07 Å². The van der Waals surface area contributed by atoms with Gasteiger partial charge in [0.25, 0.3) is 5.91 Å². The number of urea groups is 1. The Hall–Kier alpha value is -3.38. The van der Waals surface area contributed by atoms with Crippen LogP contribution in [0.15, 0.2) is 54.6 Å². The van der Waals surface area contributed by atoms with Gasteiger partial charge >= 0.3 is 6.03 Å². The Bertz CT molecular complexity index is 1360. The summed E-state index contributed by atoms with van der Waals surface area (Å²) in [6.07, 6.45) is 0. The number of aromatic nitrogens is 2. The lowest BCUT2D eigenvalue weighted by atomic mass is 9.80. The van der Waals surface area contributed by atoms with Crippen molar-refractivity contribution >= 4 is 58.2 Å². The second-order valence-electron chi connectivity index (χ2n) is 8.42. The molecule has 2 fully saturated rings. The number of benzene rings is 2. The van der Waals surface area contributed by atoms with E-state index in [0.29, 0.717) is 33.7 Å². The Morgan fingerprint density at radius 1 is 1.00 bits per heavy atom. The maximum absolute atomic E-state index is 14.2. The number of rotatable bonds is 3. The molecule has 2 unspecified atom stereocenters. The van der Waals surface area contributed by atoms with E-state index in [1.807, 2.05) is 17.0 Å². The van der Waals surface area contributed by atoms with Crippen molar-refractivity contribution in [1.29, 1.82) is 5.26 Å². The topological polar surface area (TPSA) is 93.4 Å². The van der Waals surface area contributed by atoms with E-state index >= 15 is 0 Å². The number of anilines is 2. The number of carbonyl (C=O) groups is 2. The highest BCUT2D eigenvalue weighted by molar-refractivity contribution is 6.36. The lowest BCUT2D eigenvalue weighted by Gasteiger charge is -2.33. The molecule has 0 N–H and O–H groups in total. The van der Waals surface area contributed by atoms with E-state index in [1.165, 1.54) is 23.1 Å². The average Bonchev–Trinajstić information content (AvgIpc) is 3.32. The lowest BCUT2D eigenvalue weighted by Crippen LogP contribution is -2.53. The Balaban J connectivity index is 1.63. The number of nitriles is 1. The first-order chi connectivity index (χ1) is 16.7. The van der Waals surface area contributed by atoms with Crippen LogP contribution in [0.25, 0.3) is 0 Å². The molecule has 0 radical (unpaired) electrons. The van der Waals surface area contributed by atoms with Gasteiger partial charge in [-0.2, -0.15) is 5.26 Å². The maximum Gasteiger partial charge on any atom is 0.332 e. The number of imide groups is 1. The molecule has 0 bridgehead atoms. The van der Waals surface area contributed by atoms with E-state index in [1.54, 1.807) is 31.3 Å². The average molecular weight is 528 g/mol. The molecule has 3 heterocycles. The molecule has 5 rings (SSSR count). The van der Waals surface area contributed by atoms with Crippen LogP contribution in [-0.4, -0.2) is 52.7 Å². The molecule has 11 heteroatoms. The number of halogens is 3. The van der Waals surface area contributed by atoms with E-state index in [0.717, 1.165) is 10.5 Å². The molecule has 176 valence electrons. The molecule has 0 aliphatic carbocycles. The predicted molar refractivity (Wildman–Crippen MR) is 133 cm³/mol. The second kappa shape index (κ2) is 8.68. The molecule has 2 aromatic carbocycles. The zero-order valence-corrected chi connectivity index (χ0v) is 20.6. The van der Waals surface area contributed by atoms with Gasteiger partial charge in [0.05, 0.1) is 23.9 Å². The predicted octanol–water partition coefficient (Wildman–Crippen LogP) is 4.75. The molecule has 2 saturated heterocycles. The van der Waals surface area contributed by atoms with Crippen molar-refractivity contribution < 1.29 is 9.59 Å². The molecule has 2 aliphatic rings. The highest BCUT2D eigenvalue weighted by atomic mass is 35.5. The first-order valence-electron chi connectivity index (χ1n) is 10.6. The Labute approximate surface area is 216 Å². The van der Waals surface area contributed by atoms with Gasteiger partial charge in [0.2, 0.25) is 0 Å². The second-order valence-corrected chi connectivity index (χ2v) is 9.68. The van der Waals surface area contributed by atoms with Crippen molar-refractivity contribution in [2.75, 3.05) is 29.9 Å². The third kappa shape index (κ3) is 3.76. The molecule has 0 saturated carbocycles. The molecule has 3 aromatic rings. The van der Waals surface area contributed by atoms with Crippen LogP contribution in [-0.2, 0) is 4.79 Å². The maximum atomic E-state index is 14.2. The zero-order chi connectivity index (χ0) is 24.9. The van der Waals surface area contributed by atoms with Crippen LogP contribution in [0.1, 0.15) is 17.0 Å². The van der Waals surface area contributed by atoms with Gasteiger partial charge < -0.3 is 9.80 Å². The molecule has 8 nitrogen and oxygen atoms in total. The summed E-state index contributed by atoms with van der Waals surface area (Å²) in [5.41, 5.74) is 0.358. The van der Waals surface area contributed by atoms with Crippen molar-refractivity contribution in [3.63, 3.8) is 0 Å².